The van der Waals surface area contributed by atoms with Crippen molar-refractivity contribution >= 4 is 28.8 Å². The van der Waals surface area contributed by atoms with E-state index in [-0.39, 0.29) is 25.0 Å². The number of methoxy groups -OCH3 is 1. The van der Waals surface area contributed by atoms with Crippen LogP contribution < -0.4 is 10.1 Å². The third-order valence-electron chi connectivity index (χ3n) is 4.72. The summed E-state index contributed by atoms with van der Waals surface area (Å²) in [6, 6.07) is 7.11. The monoisotopic (exact) mass is 429 g/mol. The SMILES string of the molecule is CCOC(=O)C1=C(C)N=C2SC=C(CC(=O)NC(C)C)N2C1c1ccccc1OC. The van der Waals surface area contributed by atoms with Crippen molar-refractivity contribution in [3.8, 4) is 5.75 Å². The van der Waals surface area contributed by atoms with Crippen LogP contribution in [0.5, 0.6) is 5.75 Å². The Morgan fingerprint density at radius 2 is 2.03 bits per heavy atom. The molecule has 2 aliphatic rings. The van der Waals surface area contributed by atoms with Crippen molar-refractivity contribution in [2.45, 2.75) is 46.2 Å². The van der Waals surface area contributed by atoms with E-state index >= 15 is 0 Å². The van der Waals surface area contributed by atoms with Gasteiger partial charge in [-0.2, -0.15) is 0 Å². The van der Waals surface area contributed by atoms with Gasteiger partial charge in [-0.25, -0.2) is 9.79 Å². The van der Waals surface area contributed by atoms with Crippen molar-refractivity contribution in [3.05, 3.63) is 52.2 Å². The number of carbonyl (C=O) groups excluding carboxylic acids is 2. The highest BCUT2D eigenvalue weighted by molar-refractivity contribution is 8.16. The first-order chi connectivity index (χ1) is 14.4. The molecular formula is C22H27N3O4S. The summed E-state index contributed by atoms with van der Waals surface area (Å²) in [6.45, 7) is 7.69. The Balaban J connectivity index is 2.08. The van der Waals surface area contributed by atoms with E-state index in [0.717, 1.165) is 16.4 Å². The van der Waals surface area contributed by atoms with Crippen LogP contribution in [-0.4, -0.2) is 41.7 Å². The molecule has 0 spiro atoms. The average Bonchev–Trinajstić information content (AvgIpc) is 3.08. The van der Waals surface area contributed by atoms with Crippen LogP contribution in [0.25, 0.3) is 0 Å². The highest BCUT2D eigenvalue weighted by atomic mass is 32.2. The third-order valence-corrected chi connectivity index (χ3v) is 5.61. The average molecular weight is 430 g/mol. The lowest BCUT2D eigenvalue weighted by Gasteiger charge is -2.36. The Morgan fingerprint density at radius 1 is 1.30 bits per heavy atom. The number of esters is 1. The Labute approximate surface area is 181 Å². The van der Waals surface area contributed by atoms with Crippen LogP contribution in [-0.2, 0) is 14.3 Å². The first kappa shape index (κ1) is 22.0. The second-order valence-corrected chi connectivity index (χ2v) is 8.09. The van der Waals surface area contributed by atoms with E-state index < -0.39 is 12.0 Å². The van der Waals surface area contributed by atoms with Crippen molar-refractivity contribution < 1.29 is 19.1 Å². The number of aliphatic imine (C=N–C) groups is 1. The lowest BCUT2D eigenvalue weighted by atomic mass is 9.93. The number of benzene rings is 1. The van der Waals surface area contributed by atoms with E-state index in [1.807, 2.05) is 55.3 Å². The van der Waals surface area contributed by atoms with Gasteiger partial charge in [0.15, 0.2) is 5.17 Å². The van der Waals surface area contributed by atoms with Gasteiger partial charge in [0.2, 0.25) is 5.91 Å². The number of nitrogens with zero attached hydrogens (tertiary/aromatic N) is 2. The molecule has 1 aromatic carbocycles. The standard InChI is InChI=1S/C22H27N3O4S/c1-6-29-21(27)19-14(4)24-22-25(15(12-30-22)11-18(26)23-13(2)3)20(19)16-9-7-8-10-17(16)28-5/h7-10,12-13,20H,6,11H2,1-5H3,(H,23,26). The van der Waals surface area contributed by atoms with E-state index in [1.165, 1.54) is 11.8 Å². The molecule has 1 amide bonds. The molecule has 8 heteroatoms. The summed E-state index contributed by atoms with van der Waals surface area (Å²) in [4.78, 5) is 32.0. The van der Waals surface area contributed by atoms with Crippen LogP contribution in [0.2, 0.25) is 0 Å². The number of ether oxygens (including phenoxy) is 2. The molecule has 0 saturated heterocycles. The van der Waals surface area contributed by atoms with Crippen molar-refractivity contribution in [3.63, 3.8) is 0 Å². The number of allylic oxidation sites excluding steroid dienone is 1. The number of para-hydroxylation sites is 1. The topological polar surface area (TPSA) is 80.2 Å². The number of rotatable bonds is 7. The minimum Gasteiger partial charge on any atom is -0.496 e. The smallest absolute Gasteiger partial charge is 0.338 e. The van der Waals surface area contributed by atoms with Gasteiger partial charge < -0.3 is 19.7 Å². The van der Waals surface area contributed by atoms with Gasteiger partial charge >= 0.3 is 5.97 Å². The maximum absolute atomic E-state index is 12.9. The van der Waals surface area contributed by atoms with Gasteiger partial charge in [0.25, 0.3) is 0 Å². The Hall–Kier alpha value is -2.74. The molecule has 1 aromatic rings. The van der Waals surface area contributed by atoms with Crippen LogP contribution in [0.15, 0.2) is 51.6 Å². The molecule has 1 N–H and O–H groups in total. The number of nitrogens with one attached hydrogen (secondary N) is 1. The van der Waals surface area contributed by atoms with Gasteiger partial charge in [-0.3, -0.25) is 4.79 Å². The third kappa shape index (κ3) is 4.38. The van der Waals surface area contributed by atoms with E-state index in [4.69, 9.17) is 9.47 Å². The summed E-state index contributed by atoms with van der Waals surface area (Å²) in [5.41, 5.74) is 2.64. The lowest BCUT2D eigenvalue weighted by molar-refractivity contribution is -0.139. The maximum Gasteiger partial charge on any atom is 0.338 e. The Bertz CT molecular complexity index is 936. The summed E-state index contributed by atoms with van der Waals surface area (Å²) >= 11 is 1.44. The van der Waals surface area contributed by atoms with Crippen LogP contribution in [0.4, 0.5) is 0 Å². The summed E-state index contributed by atoms with van der Waals surface area (Å²) in [5, 5.41) is 5.57. The number of hydrogen-bond donors (Lipinski definition) is 1. The minimum absolute atomic E-state index is 0.0453. The Morgan fingerprint density at radius 3 is 2.70 bits per heavy atom. The molecule has 160 valence electrons. The summed E-state index contributed by atoms with van der Waals surface area (Å²) < 4.78 is 10.9. The number of amidine groups is 1. The predicted molar refractivity (Wildman–Crippen MR) is 118 cm³/mol. The molecule has 7 nitrogen and oxygen atoms in total. The second-order valence-electron chi connectivity index (χ2n) is 7.25. The molecule has 2 heterocycles. The molecule has 30 heavy (non-hydrogen) atoms. The summed E-state index contributed by atoms with van der Waals surface area (Å²) in [5.74, 6) is 0.152. The summed E-state index contributed by atoms with van der Waals surface area (Å²) in [6.07, 6.45) is 0.186. The quantitative estimate of drug-likeness (QED) is 0.665. The normalized spacial score (nSPS) is 18.1. The number of amides is 1. The zero-order chi connectivity index (χ0) is 21.8. The molecule has 0 radical (unpaired) electrons. The second kappa shape index (κ2) is 9.38. The predicted octanol–water partition coefficient (Wildman–Crippen LogP) is 3.75. The highest BCUT2D eigenvalue weighted by Gasteiger charge is 2.42. The fourth-order valence-corrected chi connectivity index (χ4v) is 4.53. The molecule has 0 aromatic heterocycles. The number of thioether (sulfide) groups is 1. The molecule has 0 aliphatic carbocycles. The van der Waals surface area contributed by atoms with Crippen molar-refractivity contribution in [2.75, 3.05) is 13.7 Å². The zero-order valence-corrected chi connectivity index (χ0v) is 18.7. The summed E-state index contributed by atoms with van der Waals surface area (Å²) in [7, 11) is 1.60. The Kier molecular flexibility index (Phi) is 6.87. The molecule has 0 fully saturated rings. The molecule has 1 unspecified atom stereocenters. The molecule has 0 bridgehead atoms. The van der Waals surface area contributed by atoms with Gasteiger partial charge in [0.05, 0.1) is 37.4 Å². The molecule has 0 saturated carbocycles. The number of hydrogen-bond acceptors (Lipinski definition) is 7. The highest BCUT2D eigenvalue weighted by Crippen LogP contribution is 2.46. The van der Waals surface area contributed by atoms with E-state index in [1.54, 1.807) is 14.0 Å². The van der Waals surface area contributed by atoms with Crippen molar-refractivity contribution in [1.29, 1.82) is 0 Å². The van der Waals surface area contributed by atoms with Gasteiger partial charge in [-0.05, 0) is 39.2 Å². The van der Waals surface area contributed by atoms with E-state index in [2.05, 4.69) is 10.3 Å². The van der Waals surface area contributed by atoms with Crippen LogP contribution in [0.3, 0.4) is 0 Å². The fourth-order valence-electron chi connectivity index (χ4n) is 3.56. The molecule has 2 aliphatic heterocycles. The fraction of sp³-hybridized carbons (Fsp3) is 0.409. The van der Waals surface area contributed by atoms with Gasteiger partial charge in [0.1, 0.15) is 5.75 Å². The largest absolute Gasteiger partial charge is 0.496 e. The van der Waals surface area contributed by atoms with Crippen LogP contribution >= 0.6 is 11.8 Å². The molecule has 1 atom stereocenters. The number of carbonyl (C=O) groups is 2. The van der Waals surface area contributed by atoms with Crippen molar-refractivity contribution in [2.24, 2.45) is 4.99 Å². The first-order valence-electron chi connectivity index (χ1n) is 9.91. The molecular weight excluding hydrogens is 402 g/mol. The first-order valence-corrected chi connectivity index (χ1v) is 10.8. The maximum atomic E-state index is 12.9. The van der Waals surface area contributed by atoms with Gasteiger partial charge in [-0.15, -0.1) is 0 Å². The van der Waals surface area contributed by atoms with E-state index in [9.17, 15) is 9.59 Å². The zero-order valence-electron chi connectivity index (χ0n) is 17.9. The minimum atomic E-state index is -0.499. The number of fused-ring (bicyclic) bond motifs is 1. The van der Waals surface area contributed by atoms with Crippen LogP contribution in [0.1, 0.15) is 45.7 Å². The lowest BCUT2D eigenvalue weighted by Crippen LogP contribution is -2.39. The van der Waals surface area contributed by atoms with E-state index in [0.29, 0.717) is 17.0 Å². The van der Waals surface area contributed by atoms with Crippen molar-refractivity contribution in [1.82, 2.24) is 10.2 Å². The van der Waals surface area contributed by atoms with Gasteiger partial charge in [-0.1, -0.05) is 30.0 Å². The van der Waals surface area contributed by atoms with Gasteiger partial charge in [0, 0.05) is 17.3 Å². The molecule has 3 rings (SSSR count). The van der Waals surface area contributed by atoms with Crippen LogP contribution in [0, 0.1) is 0 Å².